The van der Waals surface area contributed by atoms with Gasteiger partial charge in [0, 0.05) is 11.8 Å². The van der Waals surface area contributed by atoms with Crippen molar-refractivity contribution < 1.29 is 9.53 Å². The smallest absolute Gasteiger partial charge is 0.248 e. The molecular weight excluding hydrogens is 438 g/mol. The van der Waals surface area contributed by atoms with Crippen molar-refractivity contribution in [2.75, 3.05) is 0 Å². The number of nitroso groups, excluding NO2 is 1. The van der Waals surface area contributed by atoms with Crippen molar-refractivity contribution in [3.05, 3.63) is 97.9 Å². The molecule has 3 N–H and O–H groups in total. The number of ether oxygens (including phenoxy) is 1. The summed E-state index contributed by atoms with van der Waals surface area (Å²) in [6, 6.07) is 16.5. The highest BCUT2D eigenvalue weighted by atomic mass is 35.5. The summed E-state index contributed by atoms with van der Waals surface area (Å²) in [5.74, 6) is 0.860. The maximum absolute atomic E-state index is 10.6. The summed E-state index contributed by atoms with van der Waals surface area (Å²) in [6.45, 7) is 9.03. The van der Waals surface area contributed by atoms with Crippen LogP contribution in [0, 0.1) is 24.2 Å². The molecule has 0 radical (unpaired) electrons. The first-order chi connectivity index (χ1) is 15.7. The minimum Gasteiger partial charge on any atom is -0.489 e. The number of primary amides is 1. The van der Waals surface area contributed by atoms with Crippen molar-refractivity contribution in [3.8, 4) is 5.75 Å². The van der Waals surface area contributed by atoms with E-state index >= 15 is 0 Å². The van der Waals surface area contributed by atoms with Crippen LogP contribution in [0.2, 0.25) is 5.02 Å². The van der Waals surface area contributed by atoms with Crippen LogP contribution in [0.15, 0.2) is 59.8 Å². The van der Waals surface area contributed by atoms with E-state index in [1.807, 2.05) is 26.0 Å². The fourth-order valence-electron chi connectivity index (χ4n) is 3.02. The van der Waals surface area contributed by atoms with Gasteiger partial charge in [-0.25, -0.2) is 0 Å². The SMILES string of the molecule is Cc1c(C=N)ccc(OCc2ccc(C(C)C)cc2)c1C.NC(=O)c1ccc(N=O)c(Cl)c1. The number of hydrogen-bond donors (Lipinski definition) is 2. The Balaban J connectivity index is 0.000000273. The summed E-state index contributed by atoms with van der Waals surface area (Å²) < 4.78 is 5.93. The molecule has 0 fully saturated rings. The molecule has 0 aliphatic heterocycles. The van der Waals surface area contributed by atoms with Crippen LogP contribution in [0.4, 0.5) is 5.69 Å². The van der Waals surface area contributed by atoms with Gasteiger partial charge < -0.3 is 15.9 Å². The van der Waals surface area contributed by atoms with Crippen molar-refractivity contribution in [1.82, 2.24) is 0 Å². The first-order valence-electron chi connectivity index (χ1n) is 10.4. The molecule has 0 bridgehead atoms. The number of nitrogens with two attached hydrogens (primary N) is 1. The van der Waals surface area contributed by atoms with Gasteiger partial charge in [0.2, 0.25) is 5.91 Å². The van der Waals surface area contributed by atoms with E-state index in [0.717, 1.165) is 22.4 Å². The van der Waals surface area contributed by atoms with Crippen LogP contribution < -0.4 is 10.5 Å². The molecule has 1 amide bonds. The summed E-state index contributed by atoms with van der Waals surface area (Å²) in [5.41, 5.74) is 11.0. The Hall–Kier alpha value is -3.51. The standard InChI is InChI=1S/C19H23NO.C7H5ClN2O2/c1-13(2)17-7-5-16(6-8-17)12-21-19-10-9-18(11-20)14(3)15(19)4;8-5-3-4(7(9)11)1-2-6(5)10-12/h5-11,13,20H,12H2,1-4H3;1-3H,(H2,9,11). The molecule has 7 heteroatoms. The number of benzene rings is 3. The first-order valence-corrected chi connectivity index (χ1v) is 10.8. The van der Waals surface area contributed by atoms with Gasteiger partial charge in [0.15, 0.2) is 0 Å². The molecule has 6 nitrogen and oxygen atoms in total. The van der Waals surface area contributed by atoms with Gasteiger partial charge in [-0.3, -0.25) is 4.79 Å². The fraction of sp³-hybridized carbons (Fsp3) is 0.231. The third-order valence-electron chi connectivity index (χ3n) is 5.31. The maximum Gasteiger partial charge on any atom is 0.248 e. The van der Waals surface area contributed by atoms with Gasteiger partial charge in [0.25, 0.3) is 0 Å². The van der Waals surface area contributed by atoms with Crippen LogP contribution in [0.5, 0.6) is 5.75 Å². The van der Waals surface area contributed by atoms with E-state index in [4.69, 9.17) is 27.5 Å². The lowest BCUT2D eigenvalue weighted by molar-refractivity contribution is 0.100. The van der Waals surface area contributed by atoms with Gasteiger partial charge in [-0.05, 0) is 83.1 Å². The van der Waals surface area contributed by atoms with E-state index < -0.39 is 5.91 Å². The molecule has 0 unspecified atom stereocenters. The molecule has 0 aromatic heterocycles. The molecule has 0 aliphatic carbocycles. The molecule has 0 aliphatic rings. The number of halogens is 1. The number of nitrogens with zero attached hydrogens (tertiary/aromatic N) is 1. The second kappa shape index (κ2) is 11.9. The molecular formula is C26H28ClN3O3. The van der Waals surface area contributed by atoms with Gasteiger partial charge in [-0.1, -0.05) is 49.7 Å². The van der Waals surface area contributed by atoms with Gasteiger partial charge in [0.1, 0.15) is 18.0 Å². The fourth-order valence-corrected chi connectivity index (χ4v) is 3.24. The average Bonchev–Trinajstić information content (AvgIpc) is 2.80. The van der Waals surface area contributed by atoms with Crippen LogP contribution in [0.1, 0.15) is 57.9 Å². The molecule has 172 valence electrons. The van der Waals surface area contributed by atoms with Gasteiger partial charge in [-0.15, -0.1) is 4.91 Å². The number of nitrogens with one attached hydrogen (secondary N) is 1. The average molecular weight is 466 g/mol. The Bertz CT molecular complexity index is 1140. The molecule has 3 aromatic carbocycles. The van der Waals surface area contributed by atoms with Gasteiger partial charge >= 0.3 is 0 Å². The normalized spacial score (nSPS) is 10.2. The van der Waals surface area contributed by atoms with Crippen molar-refractivity contribution in [3.63, 3.8) is 0 Å². The Kier molecular flexibility index (Phi) is 9.30. The van der Waals surface area contributed by atoms with E-state index in [9.17, 15) is 9.70 Å². The summed E-state index contributed by atoms with van der Waals surface area (Å²) >= 11 is 5.57. The van der Waals surface area contributed by atoms with E-state index in [-0.39, 0.29) is 16.3 Å². The molecule has 33 heavy (non-hydrogen) atoms. The third-order valence-corrected chi connectivity index (χ3v) is 5.61. The Morgan fingerprint density at radius 3 is 2.27 bits per heavy atom. The summed E-state index contributed by atoms with van der Waals surface area (Å²) in [5, 5.41) is 10.1. The summed E-state index contributed by atoms with van der Waals surface area (Å²) in [4.78, 5) is 20.7. The Morgan fingerprint density at radius 1 is 1.09 bits per heavy atom. The zero-order valence-electron chi connectivity index (χ0n) is 19.2. The van der Waals surface area contributed by atoms with E-state index in [0.29, 0.717) is 12.5 Å². The Morgan fingerprint density at radius 2 is 1.76 bits per heavy atom. The number of carbonyl (C=O) groups is 1. The molecule has 0 heterocycles. The minimum absolute atomic E-state index is 0.0988. The zero-order chi connectivity index (χ0) is 24.5. The van der Waals surface area contributed by atoms with E-state index in [2.05, 4.69) is 43.3 Å². The molecule has 0 saturated carbocycles. The highest BCUT2D eigenvalue weighted by Crippen LogP contribution is 2.26. The second-order valence-electron chi connectivity index (χ2n) is 7.85. The van der Waals surface area contributed by atoms with Crippen molar-refractivity contribution in [2.24, 2.45) is 10.9 Å². The monoisotopic (exact) mass is 465 g/mol. The highest BCUT2D eigenvalue weighted by molar-refractivity contribution is 6.33. The summed E-state index contributed by atoms with van der Waals surface area (Å²) in [7, 11) is 0. The lowest BCUT2D eigenvalue weighted by atomic mass is 10.0. The topological polar surface area (TPSA) is 106 Å². The number of rotatable bonds is 7. The maximum atomic E-state index is 10.6. The van der Waals surface area contributed by atoms with E-state index in [1.54, 1.807) is 0 Å². The second-order valence-corrected chi connectivity index (χ2v) is 8.26. The number of hydrogen-bond acceptors (Lipinski definition) is 5. The van der Waals surface area contributed by atoms with Crippen LogP contribution >= 0.6 is 11.6 Å². The predicted octanol–water partition coefficient (Wildman–Crippen LogP) is 6.84. The van der Waals surface area contributed by atoms with Crippen LogP contribution in [0.3, 0.4) is 0 Å². The number of carbonyl (C=O) groups excluding carboxylic acids is 1. The van der Waals surface area contributed by atoms with Crippen LogP contribution in [-0.2, 0) is 6.61 Å². The van der Waals surface area contributed by atoms with Crippen LogP contribution in [-0.4, -0.2) is 12.1 Å². The molecule has 0 atom stereocenters. The highest BCUT2D eigenvalue weighted by Gasteiger charge is 2.07. The molecule has 3 aromatic rings. The Labute approximate surface area is 199 Å². The quantitative estimate of drug-likeness (QED) is 0.294. The predicted molar refractivity (Wildman–Crippen MR) is 134 cm³/mol. The molecule has 0 saturated heterocycles. The molecule has 3 rings (SSSR count). The van der Waals surface area contributed by atoms with Gasteiger partial charge in [0.05, 0.1) is 5.02 Å². The lowest BCUT2D eigenvalue weighted by Gasteiger charge is -2.13. The lowest BCUT2D eigenvalue weighted by Crippen LogP contribution is -2.10. The molecule has 0 spiro atoms. The number of amides is 1. The minimum atomic E-state index is -0.589. The van der Waals surface area contributed by atoms with Crippen molar-refractivity contribution >= 4 is 29.4 Å². The van der Waals surface area contributed by atoms with Crippen molar-refractivity contribution in [1.29, 1.82) is 5.41 Å². The van der Waals surface area contributed by atoms with E-state index in [1.165, 1.54) is 35.5 Å². The largest absolute Gasteiger partial charge is 0.489 e. The first kappa shape index (κ1) is 25.7. The zero-order valence-corrected chi connectivity index (χ0v) is 19.9. The van der Waals surface area contributed by atoms with Crippen LogP contribution in [0.25, 0.3) is 0 Å². The summed E-state index contributed by atoms with van der Waals surface area (Å²) in [6.07, 6.45) is 1.39. The van der Waals surface area contributed by atoms with Gasteiger partial charge in [-0.2, -0.15) is 0 Å². The van der Waals surface area contributed by atoms with Crippen molar-refractivity contribution in [2.45, 2.75) is 40.2 Å². The third kappa shape index (κ3) is 6.99.